The van der Waals surface area contributed by atoms with Crippen LogP contribution in [0.1, 0.15) is 59.3 Å². The summed E-state index contributed by atoms with van der Waals surface area (Å²) < 4.78 is 6.14. The van der Waals surface area contributed by atoms with Gasteiger partial charge in [-0.25, -0.2) is 0 Å². The Kier molecular flexibility index (Phi) is 4.65. The fourth-order valence-electron chi connectivity index (χ4n) is 7.37. The van der Waals surface area contributed by atoms with E-state index in [-0.39, 0.29) is 35.6 Å². The van der Waals surface area contributed by atoms with Gasteiger partial charge >= 0.3 is 0 Å². The third-order valence-corrected chi connectivity index (χ3v) is 8.88. The van der Waals surface area contributed by atoms with E-state index in [0.29, 0.717) is 17.8 Å². The van der Waals surface area contributed by atoms with E-state index < -0.39 is 0 Å². The number of fused-ring (bicyclic) bond motifs is 5. The Bertz CT molecular complexity index is 623. The molecule has 3 nitrogen and oxygen atoms in total. The summed E-state index contributed by atoms with van der Waals surface area (Å²) in [5.41, 5.74) is 3.21. The lowest BCUT2D eigenvalue weighted by Crippen LogP contribution is -2.56. The molecule has 0 aromatic carbocycles. The lowest BCUT2D eigenvalue weighted by atomic mass is 9.46. The summed E-state index contributed by atoms with van der Waals surface area (Å²) in [5, 5.41) is 20.0. The van der Waals surface area contributed by atoms with Crippen molar-refractivity contribution >= 4 is 0 Å². The van der Waals surface area contributed by atoms with Crippen LogP contribution in [-0.2, 0) is 4.74 Å². The molecule has 0 aromatic rings. The quantitative estimate of drug-likeness (QED) is 0.745. The molecule has 2 N–H and O–H groups in total. The predicted molar refractivity (Wildman–Crippen MR) is 104 cm³/mol. The highest BCUT2D eigenvalue weighted by Crippen LogP contribution is 2.66. The fourth-order valence-corrected chi connectivity index (χ4v) is 7.37. The predicted octanol–water partition coefficient (Wildman–Crippen LogP) is 4.10. The SMILES string of the molecule is CO[C@@H]1C[C@H]2[C@@H](CC=C3C[C@@H](O)CC[C@@]32C)[C@@H]2CC=C([C@H](C)CO)[C@@]12C. The molecule has 8 atom stereocenters. The molecule has 0 spiro atoms. The standard InChI is InChI=1S/C23H36O3/c1-14(13-24)18-7-8-19-17-6-5-15-11-16(25)9-10-22(15,2)20(17)12-21(26-4)23(18,19)3/h5,7,14,16-17,19-21,24-25H,6,8-13H2,1-4H3/t14-,16+,17+,19+,20+,21-,22+,23-/m1/s1. The van der Waals surface area contributed by atoms with Crippen molar-refractivity contribution in [3.8, 4) is 0 Å². The van der Waals surface area contributed by atoms with Crippen molar-refractivity contribution in [3.05, 3.63) is 23.3 Å². The minimum absolute atomic E-state index is 0.0496. The van der Waals surface area contributed by atoms with Gasteiger partial charge in [-0.2, -0.15) is 0 Å². The third-order valence-electron chi connectivity index (χ3n) is 8.88. The van der Waals surface area contributed by atoms with Crippen LogP contribution in [0, 0.1) is 34.5 Å². The molecule has 0 aromatic heterocycles. The summed E-state index contributed by atoms with van der Waals surface area (Å²) in [4.78, 5) is 0. The van der Waals surface area contributed by atoms with Crippen LogP contribution in [0.4, 0.5) is 0 Å². The Hall–Kier alpha value is -0.640. The Morgan fingerprint density at radius 1 is 1.23 bits per heavy atom. The van der Waals surface area contributed by atoms with Crippen LogP contribution >= 0.6 is 0 Å². The highest BCUT2D eigenvalue weighted by atomic mass is 16.5. The van der Waals surface area contributed by atoms with Crippen molar-refractivity contribution in [2.75, 3.05) is 13.7 Å². The molecular weight excluding hydrogens is 324 g/mol. The summed E-state index contributed by atoms with van der Waals surface area (Å²) in [6.07, 6.45) is 11.2. The van der Waals surface area contributed by atoms with Gasteiger partial charge < -0.3 is 14.9 Å². The van der Waals surface area contributed by atoms with Gasteiger partial charge in [0.05, 0.1) is 12.2 Å². The van der Waals surface area contributed by atoms with Crippen molar-refractivity contribution in [1.29, 1.82) is 0 Å². The van der Waals surface area contributed by atoms with Crippen molar-refractivity contribution in [1.82, 2.24) is 0 Å². The van der Waals surface area contributed by atoms with Gasteiger partial charge in [0.2, 0.25) is 0 Å². The van der Waals surface area contributed by atoms with Gasteiger partial charge in [0.15, 0.2) is 0 Å². The van der Waals surface area contributed by atoms with E-state index in [2.05, 4.69) is 32.9 Å². The molecular formula is C23H36O3. The van der Waals surface area contributed by atoms with Crippen molar-refractivity contribution in [2.24, 2.45) is 34.5 Å². The van der Waals surface area contributed by atoms with Crippen molar-refractivity contribution < 1.29 is 14.9 Å². The number of hydrogen-bond acceptors (Lipinski definition) is 3. The lowest BCUT2D eigenvalue weighted by Gasteiger charge is -2.60. The van der Waals surface area contributed by atoms with Gasteiger partial charge in [-0.05, 0) is 61.7 Å². The second kappa shape index (κ2) is 6.46. The molecule has 0 bridgehead atoms. The monoisotopic (exact) mass is 360 g/mol. The average molecular weight is 361 g/mol. The molecule has 2 fully saturated rings. The number of aliphatic hydroxyl groups is 2. The van der Waals surface area contributed by atoms with E-state index in [1.54, 1.807) is 0 Å². The van der Waals surface area contributed by atoms with Gasteiger partial charge in [0.1, 0.15) is 0 Å². The van der Waals surface area contributed by atoms with Crippen molar-refractivity contribution in [2.45, 2.75) is 71.5 Å². The van der Waals surface area contributed by atoms with Gasteiger partial charge in [-0.1, -0.05) is 44.1 Å². The minimum Gasteiger partial charge on any atom is -0.396 e. The summed E-state index contributed by atoms with van der Waals surface area (Å²) in [7, 11) is 1.87. The average Bonchev–Trinajstić information content (AvgIpc) is 2.99. The number of rotatable bonds is 3. The number of methoxy groups -OCH3 is 1. The maximum Gasteiger partial charge on any atom is 0.0668 e. The number of hydrogen-bond donors (Lipinski definition) is 2. The van der Waals surface area contributed by atoms with Crippen LogP contribution in [0.2, 0.25) is 0 Å². The maximum absolute atomic E-state index is 10.2. The van der Waals surface area contributed by atoms with E-state index in [4.69, 9.17) is 4.74 Å². The van der Waals surface area contributed by atoms with Gasteiger partial charge in [-0.3, -0.25) is 0 Å². The summed E-state index contributed by atoms with van der Waals surface area (Å²) in [5.74, 6) is 2.16. The second-order valence-corrected chi connectivity index (χ2v) is 9.88. The van der Waals surface area contributed by atoms with E-state index in [1.807, 2.05) is 7.11 Å². The summed E-state index contributed by atoms with van der Waals surface area (Å²) in [6, 6.07) is 0. The summed E-state index contributed by atoms with van der Waals surface area (Å²) in [6.45, 7) is 7.23. The van der Waals surface area contributed by atoms with E-state index in [0.717, 1.165) is 38.5 Å². The first-order valence-electron chi connectivity index (χ1n) is 10.6. The van der Waals surface area contributed by atoms with Crippen LogP contribution < -0.4 is 0 Å². The minimum atomic E-state index is -0.150. The zero-order valence-corrected chi connectivity index (χ0v) is 16.9. The Labute approximate surface area is 158 Å². The Morgan fingerprint density at radius 3 is 2.69 bits per heavy atom. The van der Waals surface area contributed by atoms with Crippen LogP contribution in [0.3, 0.4) is 0 Å². The summed E-state index contributed by atoms with van der Waals surface area (Å²) >= 11 is 0. The highest BCUT2D eigenvalue weighted by Gasteiger charge is 2.60. The van der Waals surface area contributed by atoms with E-state index in [1.165, 1.54) is 11.1 Å². The molecule has 0 aliphatic heterocycles. The molecule has 0 amide bonds. The first-order valence-corrected chi connectivity index (χ1v) is 10.6. The number of allylic oxidation sites excluding steroid dienone is 2. The second-order valence-electron chi connectivity index (χ2n) is 9.88. The molecule has 2 saturated carbocycles. The zero-order valence-electron chi connectivity index (χ0n) is 16.9. The molecule has 0 unspecified atom stereocenters. The van der Waals surface area contributed by atoms with Gasteiger partial charge in [-0.15, -0.1) is 0 Å². The molecule has 0 saturated heterocycles. The normalized spacial score (nSPS) is 48.8. The van der Waals surface area contributed by atoms with Gasteiger partial charge in [0, 0.05) is 25.0 Å². The van der Waals surface area contributed by atoms with E-state index >= 15 is 0 Å². The molecule has 26 heavy (non-hydrogen) atoms. The maximum atomic E-state index is 10.2. The molecule has 0 radical (unpaired) electrons. The lowest BCUT2D eigenvalue weighted by molar-refractivity contribution is -0.120. The Morgan fingerprint density at radius 2 is 2.00 bits per heavy atom. The topological polar surface area (TPSA) is 49.7 Å². The molecule has 4 rings (SSSR count). The first kappa shape index (κ1) is 18.7. The molecule has 3 heteroatoms. The Balaban J connectivity index is 1.71. The van der Waals surface area contributed by atoms with Crippen molar-refractivity contribution in [3.63, 3.8) is 0 Å². The fraction of sp³-hybridized carbons (Fsp3) is 0.826. The van der Waals surface area contributed by atoms with E-state index in [9.17, 15) is 10.2 Å². The molecule has 0 heterocycles. The number of aliphatic hydroxyl groups excluding tert-OH is 2. The zero-order chi connectivity index (χ0) is 18.7. The molecule has 146 valence electrons. The first-order chi connectivity index (χ1) is 12.4. The van der Waals surface area contributed by atoms with Crippen LogP contribution in [-0.4, -0.2) is 36.1 Å². The third kappa shape index (κ3) is 2.43. The number of ether oxygens (including phenoxy) is 1. The van der Waals surface area contributed by atoms with Gasteiger partial charge in [0.25, 0.3) is 0 Å². The van der Waals surface area contributed by atoms with Crippen LogP contribution in [0.5, 0.6) is 0 Å². The molecule has 4 aliphatic carbocycles. The largest absolute Gasteiger partial charge is 0.396 e. The molecule has 4 aliphatic rings. The highest BCUT2D eigenvalue weighted by molar-refractivity contribution is 5.33. The van der Waals surface area contributed by atoms with Crippen LogP contribution in [0.15, 0.2) is 23.3 Å². The smallest absolute Gasteiger partial charge is 0.0668 e. The van der Waals surface area contributed by atoms with Crippen LogP contribution in [0.25, 0.3) is 0 Å².